The van der Waals surface area contributed by atoms with Gasteiger partial charge < -0.3 is 4.74 Å². The highest BCUT2D eigenvalue weighted by atomic mass is 35.5. The Morgan fingerprint density at radius 2 is 2.00 bits per heavy atom. The largest absolute Gasteiger partial charge is 0.489 e. The summed E-state index contributed by atoms with van der Waals surface area (Å²) in [6.45, 7) is 2.48. The molecular formula is C16H17ClN2O3S. The van der Waals surface area contributed by atoms with Crippen molar-refractivity contribution in [1.29, 1.82) is 0 Å². The number of rotatable bonds is 4. The minimum atomic E-state index is -3.56. The number of nitrogens with zero attached hydrogens (tertiary/aromatic N) is 2. The number of pyridine rings is 1. The number of halogens is 1. The molecule has 1 aliphatic rings. The van der Waals surface area contributed by atoms with Crippen LogP contribution in [0.3, 0.4) is 0 Å². The monoisotopic (exact) mass is 352 g/mol. The van der Waals surface area contributed by atoms with Gasteiger partial charge in [0.05, 0.1) is 11.4 Å². The molecule has 23 heavy (non-hydrogen) atoms. The van der Waals surface area contributed by atoms with Gasteiger partial charge in [0.1, 0.15) is 11.9 Å². The van der Waals surface area contributed by atoms with E-state index in [1.54, 1.807) is 49.6 Å². The zero-order chi connectivity index (χ0) is 16.4. The van der Waals surface area contributed by atoms with Crippen molar-refractivity contribution in [2.24, 2.45) is 0 Å². The van der Waals surface area contributed by atoms with E-state index in [4.69, 9.17) is 16.3 Å². The fourth-order valence-corrected chi connectivity index (χ4v) is 4.59. The van der Waals surface area contributed by atoms with E-state index < -0.39 is 10.0 Å². The molecule has 3 rings (SSSR count). The SMILES string of the molecule is Cc1c(Cl)cccc1S(=O)(=O)N1CC[C@@H](Oc2ccncc2)C1. The molecule has 1 aliphatic heterocycles. The maximum Gasteiger partial charge on any atom is 0.243 e. The predicted octanol–water partition coefficient (Wildman–Crippen LogP) is 2.89. The van der Waals surface area contributed by atoms with E-state index in [2.05, 4.69) is 4.98 Å². The Hall–Kier alpha value is -1.63. The first-order valence-corrected chi connectivity index (χ1v) is 9.12. The number of hydrogen-bond acceptors (Lipinski definition) is 4. The summed E-state index contributed by atoms with van der Waals surface area (Å²) < 4.78 is 32.9. The molecule has 2 heterocycles. The zero-order valence-corrected chi connectivity index (χ0v) is 14.2. The van der Waals surface area contributed by atoms with Crippen LogP contribution in [0.1, 0.15) is 12.0 Å². The highest BCUT2D eigenvalue weighted by molar-refractivity contribution is 7.89. The number of sulfonamides is 1. The summed E-state index contributed by atoms with van der Waals surface area (Å²) in [7, 11) is -3.56. The van der Waals surface area contributed by atoms with E-state index in [0.29, 0.717) is 35.8 Å². The molecule has 7 heteroatoms. The van der Waals surface area contributed by atoms with Gasteiger partial charge in [0.2, 0.25) is 10.0 Å². The lowest BCUT2D eigenvalue weighted by Gasteiger charge is -2.18. The Bertz CT molecular complexity index is 796. The molecule has 5 nitrogen and oxygen atoms in total. The van der Waals surface area contributed by atoms with Gasteiger partial charge in [-0.1, -0.05) is 17.7 Å². The number of hydrogen-bond donors (Lipinski definition) is 0. The molecule has 1 atom stereocenters. The van der Waals surface area contributed by atoms with Gasteiger partial charge in [-0.3, -0.25) is 4.98 Å². The van der Waals surface area contributed by atoms with Gasteiger partial charge in [-0.25, -0.2) is 8.42 Å². The van der Waals surface area contributed by atoms with Crippen molar-refractivity contribution < 1.29 is 13.2 Å². The van der Waals surface area contributed by atoms with Gasteiger partial charge in [0, 0.05) is 24.0 Å². The molecule has 0 N–H and O–H groups in total. The third-order valence-electron chi connectivity index (χ3n) is 3.90. The van der Waals surface area contributed by atoms with Crippen LogP contribution in [0, 0.1) is 6.92 Å². The summed E-state index contributed by atoms with van der Waals surface area (Å²) in [4.78, 5) is 4.19. The van der Waals surface area contributed by atoms with E-state index in [0.717, 1.165) is 0 Å². The molecule has 0 unspecified atom stereocenters. The lowest BCUT2D eigenvalue weighted by atomic mass is 10.2. The number of benzene rings is 1. The Balaban J connectivity index is 1.76. The van der Waals surface area contributed by atoms with Crippen molar-refractivity contribution in [1.82, 2.24) is 9.29 Å². The zero-order valence-electron chi connectivity index (χ0n) is 12.6. The average molecular weight is 353 g/mol. The summed E-state index contributed by atoms with van der Waals surface area (Å²) >= 11 is 6.05. The second-order valence-corrected chi connectivity index (χ2v) is 7.75. The molecule has 1 aromatic heterocycles. The van der Waals surface area contributed by atoms with Crippen LogP contribution in [0.15, 0.2) is 47.6 Å². The molecule has 0 radical (unpaired) electrons. The van der Waals surface area contributed by atoms with Crippen molar-refractivity contribution in [3.63, 3.8) is 0 Å². The Morgan fingerprint density at radius 1 is 1.26 bits per heavy atom. The van der Waals surface area contributed by atoms with Gasteiger partial charge >= 0.3 is 0 Å². The normalized spacial score (nSPS) is 19.0. The molecule has 1 fully saturated rings. The van der Waals surface area contributed by atoms with Gasteiger partial charge in [0.25, 0.3) is 0 Å². The topological polar surface area (TPSA) is 59.5 Å². The van der Waals surface area contributed by atoms with E-state index >= 15 is 0 Å². The maximum atomic E-state index is 12.8. The molecule has 0 bridgehead atoms. The summed E-state index contributed by atoms with van der Waals surface area (Å²) in [6, 6.07) is 8.46. The van der Waals surface area contributed by atoms with Crippen molar-refractivity contribution in [2.75, 3.05) is 13.1 Å². The third-order valence-corrected chi connectivity index (χ3v) is 6.32. The van der Waals surface area contributed by atoms with Crippen LogP contribution in [-0.2, 0) is 10.0 Å². The Kier molecular flexibility index (Phi) is 4.57. The molecule has 1 saturated heterocycles. The van der Waals surface area contributed by atoms with Crippen LogP contribution in [0.2, 0.25) is 5.02 Å². The number of ether oxygens (including phenoxy) is 1. The molecule has 2 aromatic rings. The van der Waals surface area contributed by atoms with Crippen molar-refractivity contribution in [2.45, 2.75) is 24.3 Å². The molecule has 0 amide bonds. The van der Waals surface area contributed by atoms with Crippen molar-refractivity contribution in [3.8, 4) is 5.75 Å². The first-order chi connectivity index (χ1) is 11.0. The lowest BCUT2D eigenvalue weighted by molar-refractivity contribution is 0.215. The predicted molar refractivity (Wildman–Crippen MR) is 88.2 cm³/mol. The second-order valence-electron chi connectivity index (χ2n) is 5.44. The van der Waals surface area contributed by atoms with Gasteiger partial charge in [-0.2, -0.15) is 4.31 Å². The minimum Gasteiger partial charge on any atom is -0.489 e. The third kappa shape index (κ3) is 3.34. The average Bonchev–Trinajstić information content (AvgIpc) is 3.00. The molecule has 1 aromatic carbocycles. The molecule has 122 valence electrons. The fourth-order valence-electron chi connectivity index (χ4n) is 2.63. The van der Waals surface area contributed by atoms with E-state index in [1.165, 1.54) is 4.31 Å². The maximum absolute atomic E-state index is 12.8. The Morgan fingerprint density at radius 3 is 2.74 bits per heavy atom. The van der Waals surface area contributed by atoms with E-state index in [-0.39, 0.29) is 11.0 Å². The van der Waals surface area contributed by atoms with Gasteiger partial charge in [-0.05, 0) is 43.2 Å². The first-order valence-electron chi connectivity index (χ1n) is 7.30. The summed E-state index contributed by atoms with van der Waals surface area (Å²) in [6.07, 6.45) is 3.79. The van der Waals surface area contributed by atoms with Gasteiger partial charge in [0.15, 0.2) is 0 Å². The summed E-state index contributed by atoms with van der Waals surface area (Å²) in [5.41, 5.74) is 0.577. The van der Waals surface area contributed by atoms with E-state index in [1.807, 2.05) is 0 Å². The van der Waals surface area contributed by atoms with Crippen LogP contribution >= 0.6 is 11.6 Å². The van der Waals surface area contributed by atoms with Crippen molar-refractivity contribution in [3.05, 3.63) is 53.3 Å². The van der Waals surface area contributed by atoms with Crippen LogP contribution < -0.4 is 4.74 Å². The summed E-state index contributed by atoms with van der Waals surface area (Å²) in [5.74, 6) is 0.697. The Labute approximate surface area is 140 Å². The van der Waals surface area contributed by atoms with Crippen LogP contribution in [-0.4, -0.2) is 36.9 Å². The van der Waals surface area contributed by atoms with Crippen molar-refractivity contribution >= 4 is 21.6 Å². The first kappa shape index (κ1) is 16.2. The quantitative estimate of drug-likeness (QED) is 0.849. The minimum absolute atomic E-state index is 0.160. The number of aromatic nitrogens is 1. The fraction of sp³-hybridized carbons (Fsp3) is 0.312. The van der Waals surface area contributed by atoms with Crippen LogP contribution in [0.4, 0.5) is 0 Å². The molecule has 0 spiro atoms. The standard InChI is InChI=1S/C16H17ClN2O3S/c1-12-15(17)3-2-4-16(12)23(20,21)19-10-7-14(11-19)22-13-5-8-18-9-6-13/h2-6,8-9,14H,7,10-11H2,1H3/t14-/m1/s1. The lowest BCUT2D eigenvalue weighted by Crippen LogP contribution is -2.31. The summed E-state index contributed by atoms with van der Waals surface area (Å²) in [5, 5.41) is 0.454. The second kappa shape index (κ2) is 6.47. The van der Waals surface area contributed by atoms with Crippen LogP contribution in [0.5, 0.6) is 5.75 Å². The highest BCUT2D eigenvalue weighted by Gasteiger charge is 2.34. The molecule has 0 aliphatic carbocycles. The van der Waals surface area contributed by atoms with Crippen LogP contribution in [0.25, 0.3) is 0 Å². The van der Waals surface area contributed by atoms with E-state index in [9.17, 15) is 8.42 Å². The molecular weight excluding hydrogens is 336 g/mol. The highest BCUT2D eigenvalue weighted by Crippen LogP contribution is 2.28. The van der Waals surface area contributed by atoms with Gasteiger partial charge in [-0.15, -0.1) is 0 Å². The molecule has 0 saturated carbocycles. The smallest absolute Gasteiger partial charge is 0.243 e.